The highest BCUT2D eigenvalue weighted by Gasteiger charge is 2.37. The second kappa shape index (κ2) is 9.27. The van der Waals surface area contributed by atoms with E-state index in [9.17, 15) is 14.9 Å². The maximum absolute atomic E-state index is 12.7. The number of fused-ring (bicyclic) bond motifs is 1. The predicted molar refractivity (Wildman–Crippen MR) is 122 cm³/mol. The van der Waals surface area contributed by atoms with Gasteiger partial charge in [-0.05, 0) is 42.5 Å². The molecule has 32 heavy (non-hydrogen) atoms. The molecule has 2 aromatic carbocycles. The first-order valence-corrected chi connectivity index (χ1v) is 10.9. The van der Waals surface area contributed by atoms with Crippen LogP contribution in [-0.4, -0.2) is 27.6 Å². The zero-order valence-electron chi connectivity index (χ0n) is 17.6. The van der Waals surface area contributed by atoms with Crippen LogP contribution in [-0.2, 0) is 16.1 Å². The maximum atomic E-state index is 12.7. The molecule has 0 aromatic heterocycles. The van der Waals surface area contributed by atoms with Gasteiger partial charge in [-0.15, -0.1) is 0 Å². The van der Waals surface area contributed by atoms with Crippen LogP contribution >= 0.6 is 11.8 Å². The number of amidine groups is 1. The average molecular weight is 452 g/mol. The van der Waals surface area contributed by atoms with Crippen molar-refractivity contribution in [2.24, 2.45) is 4.99 Å². The van der Waals surface area contributed by atoms with Gasteiger partial charge in [0.1, 0.15) is 12.4 Å². The van der Waals surface area contributed by atoms with Crippen molar-refractivity contribution in [3.8, 4) is 5.75 Å². The lowest BCUT2D eigenvalue weighted by Gasteiger charge is -2.33. The minimum Gasteiger partial charge on any atom is -0.489 e. The molecule has 0 saturated carbocycles. The molecule has 0 bridgehead atoms. The lowest BCUT2D eigenvalue weighted by Crippen LogP contribution is -2.34. The number of ether oxygens (including phenoxy) is 2. The summed E-state index contributed by atoms with van der Waals surface area (Å²) in [6.07, 6.45) is 1.91. The van der Waals surface area contributed by atoms with Gasteiger partial charge < -0.3 is 14.4 Å². The van der Waals surface area contributed by atoms with Gasteiger partial charge in [0.25, 0.3) is 5.69 Å². The van der Waals surface area contributed by atoms with Gasteiger partial charge in [-0.25, -0.2) is 9.79 Å². The fourth-order valence-electron chi connectivity index (χ4n) is 3.57. The van der Waals surface area contributed by atoms with Crippen molar-refractivity contribution in [1.29, 1.82) is 0 Å². The van der Waals surface area contributed by atoms with Crippen LogP contribution in [0.15, 0.2) is 76.4 Å². The summed E-state index contributed by atoms with van der Waals surface area (Å²) in [6.45, 7) is 4.09. The van der Waals surface area contributed by atoms with Crippen molar-refractivity contribution in [3.05, 3.63) is 92.7 Å². The summed E-state index contributed by atoms with van der Waals surface area (Å²) in [5.41, 5.74) is 2.78. The summed E-state index contributed by atoms with van der Waals surface area (Å²) in [5.74, 6) is 0.240. The fraction of sp³-hybridized carbons (Fsp3) is 0.217. The molecule has 2 heterocycles. The summed E-state index contributed by atoms with van der Waals surface area (Å²) in [6, 6.07) is 13.5. The summed E-state index contributed by atoms with van der Waals surface area (Å²) in [7, 11) is 0. The van der Waals surface area contributed by atoms with Gasteiger partial charge in [0.05, 0.1) is 28.8 Å². The number of nitrogens with zero attached hydrogens (tertiary/aromatic N) is 3. The van der Waals surface area contributed by atoms with E-state index in [1.807, 2.05) is 47.7 Å². The van der Waals surface area contributed by atoms with Crippen LogP contribution < -0.4 is 4.74 Å². The Labute approximate surface area is 189 Å². The molecule has 4 rings (SSSR count). The van der Waals surface area contributed by atoms with Crippen LogP contribution in [0.2, 0.25) is 0 Å². The molecule has 8 nitrogen and oxygen atoms in total. The number of benzene rings is 2. The van der Waals surface area contributed by atoms with E-state index < -0.39 is 4.92 Å². The molecule has 0 aliphatic carbocycles. The Bertz CT molecular complexity index is 1140. The number of hydrogen-bond acceptors (Lipinski definition) is 8. The van der Waals surface area contributed by atoms with Crippen molar-refractivity contribution in [2.45, 2.75) is 26.5 Å². The maximum Gasteiger partial charge on any atom is 0.338 e. The van der Waals surface area contributed by atoms with E-state index >= 15 is 0 Å². The van der Waals surface area contributed by atoms with Gasteiger partial charge in [0.15, 0.2) is 5.17 Å². The summed E-state index contributed by atoms with van der Waals surface area (Å²) in [4.78, 5) is 29.7. The minimum atomic E-state index is -0.429. The number of nitro groups is 1. The lowest BCUT2D eigenvalue weighted by atomic mass is 9.95. The molecule has 0 spiro atoms. The quantitative estimate of drug-likeness (QED) is 0.334. The van der Waals surface area contributed by atoms with E-state index in [1.54, 1.807) is 19.1 Å². The van der Waals surface area contributed by atoms with Gasteiger partial charge in [-0.1, -0.05) is 36.0 Å². The number of rotatable bonds is 7. The van der Waals surface area contributed by atoms with E-state index in [0.29, 0.717) is 22.6 Å². The predicted octanol–water partition coefficient (Wildman–Crippen LogP) is 4.94. The Kier molecular flexibility index (Phi) is 6.27. The number of non-ortho nitro benzene ring substituents is 1. The molecule has 2 aromatic rings. The average Bonchev–Trinajstić information content (AvgIpc) is 3.25. The summed E-state index contributed by atoms with van der Waals surface area (Å²) >= 11 is 1.50. The van der Waals surface area contributed by atoms with Crippen LogP contribution in [0.1, 0.15) is 31.0 Å². The number of carbonyl (C=O) groups is 1. The minimum absolute atomic E-state index is 0.0291. The van der Waals surface area contributed by atoms with Crippen molar-refractivity contribution < 1.29 is 19.2 Å². The van der Waals surface area contributed by atoms with Crippen LogP contribution in [0, 0.1) is 10.1 Å². The SMILES string of the molecule is CCOC(=O)C1=C(C)N=C2SC=CN2[C@@H]1c1ccc(OCc2cccc([N+](=O)[O-])c2)cc1. The van der Waals surface area contributed by atoms with Crippen molar-refractivity contribution in [3.63, 3.8) is 0 Å². The zero-order valence-corrected chi connectivity index (χ0v) is 18.4. The molecule has 0 amide bonds. The third-order valence-corrected chi connectivity index (χ3v) is 5.81. The number of hydrogen-bond donors (Lipinski definition) is 0. The summed E-state index contributed by atoms with van der Waals surface area (Å²) in [5, 5.41) is 13.7. The van der Waals surface area contributed by atoms with E-state index in [4.69, 9.17) is 9.47 Å². The first-order valence-electron chi connectivity index (χ1n) is 10.0. The first kappa shape index (κ1) is 21.6. The smallest absolute Gasteiger partial charge is 0.338 e. The van der Waals surface area contributed by atoms with Crippen molar-refractivity contribution in [2.75, 3.05) is 6.61 Å². The second-order valence-electron chi connectivity index (χ2n) is 7.11. The van der Waals surface area contributed by atoms with Gasteiger partial charge in [0.2, 0.25) is 0 Å². The normalized spacial score (nSPS) is 17.1. The van der Waals surface area contributed by atoms with Crippen molar-refractivity contribution in [1.82, 2.24) is 4.90 Å². The number of nitro benzene ring substituents is 1. The molecular formula is C23H21N3O5S. The third-order valence-electron chi connectivity index (χ3n) is 5.04. The molecule has 0 N–H and O–H groups in total. The monoisotopic (exact) mass is 451 g/mol. The first-order chi connectivity index (χ1) is 15.5. The van der Waals surface area contributed by atoms with Gasteiger partial charge in [-0.2, -0.15) is 0 Å². The number of carbonyl (C=O) groups excluding carboxylic acids is 1. The van der Waals surface area contributed by atoms with Gasteiger partial charge in [0, 0.05) is 18.3 Å². The fourth-order valence-corrected chi connectivity index (χ4v) is 4.36. The van der Waals surface area contributed by atoms with Crippen LogP contribution in [0.3, 0.4) is 0 Å². The highest BCUT2D eigenvalue weighted by Crippen LogP contribution is 2.41. The Morgan fingerprint density at radius 1 is 1.25 bits per heavy atom. The molecule has 0 unspecified atom stereocenters. The second-order valence-corrected chi connectivity index (χ2v) is 7.98. The molecule has 0 saturated heterocycles. The van der Waals surface area contributed by atoms with Gasteiger partial charge in [-0.3, -0.25) is 10.1 Å². The molecule has 2 aliphatic rings. The Balaban J connectivity index is 1.55. The number of allylic oxidation sites excluding steroid dienone is 1. The highest BCUT2D eigenvalue weighted by molar-refractivity contribution is 8.16. The molecular weight excluding hydrogens is 430 g/mol. The largest absolute Gasteiger partial charge is 0.489 e. The topological polar surface area (TPSA) is 94.3 Å². The molecule has 0 fully saturated rings. The van der Waals surface area contributed by atoms with E-state index in [1.165, 1.54) is 23.9 Å². The Hall–Kier alpha value is -3.59. The molecule has 164 valence electrons. The van der Waals surface area contributed by atoms with Gasteiger partial charge >= 0.3 is 5.97 Å². The zero-order chi connectivity index (χ0) is 22.7. The Morgan fingerprint density at radius 2 is 2.03 bits per heavy atom. The molecule has 1 atom stereocenters. The van der Waals surface area contributed by atoms with Crippen molar-refractivity contribution >= 4 is 28.6 Å². The summed E-state index contributed by atoms with van der Waals surface area (Å²) < 4.78 is 11.1. The van der Waals surface area contributed by atoms with E-state index in [2.05, 4.69) is 4.99 Å². The van der Waals surface area contributed by atoms with E-state index in [0.717, 1.165) is 10.7 Å². The Morgan fingerprint density at radius 3 is 2.75 bits per heavy atom. The van der Waals surface area contributed by atoms with Crippen LogP contribution in [0.5, 0.6) is 5.75 Å². The highest BCUT2D eigenvalue weighted by atomic mass is 32.2. The standard InChI is InChI=1S/C23H21N3O5S/c1-3-30-22(27)20-15(2)24-23-25(11-12-32-23)21(20)17-7-9-19(10-8-17)31-14-16-5-4-6-18(13-16)26(28)29/h4-13,21H,3,14H2,1-2H3/t21-/m1/s1. The lowest BCUT2D eigenvalue weighted by molar-refractivity contribution is -0.384. The van der Waals surface area contributed by atoms with Crippen LogP contribution in [0.4, 0.5) is 5.69 Å². The van der Waals surface area contributed by atoms with E-state index in [-0.39, 0.29) is 30.9 Å². The number of esters is 1. The molecule has 9 heteroatoms. The third kappa shape index (κ3) is 4.38. The molecule has 0 radical (unpaired) electrons. The molecule has 2 aliphatic heterocycles. The number of thioether (sulfide) groups is 1. The number of aliphatic imine (C=N–C) groups is 1. The van der Waals surface area contributed by atoms with Crippen LogP contribution in [0.25, 0.3) is 0 Å².